The highest BCUT2D eigenvalue weighted by Crippen LogP contribution is 2.23. The largest absolute Gasteiger partial charge is 0.395 e. The summed E-state index contributed by atoms with van der Waals surface area (Å²) in [6.45, 7) is 4.43. The lowest BCUT2D eigenvalue weighted by Crippen LogP contribution is -2.41. The minimum Gasteiger partial charge on any atom is -0.395 e. The van der Waals surface area contributed by atoms with Crippen LogP contribution in [0.5, 0.6) is 0 Å². The van der Waals surface area contributed by atoms with Crippen molar-refractivity contribution in [1.29, 1.82) is 0 Å². The smallest absolute Gasteiger partial charge is 0.255 e. The number of aliphatic hydroxyl groups excluding tert-OH is 1. The molecular weight excluding hydrogens is 326 g/mol. The fourth-order valence-corrected chi connectivity index (χ4v) is 2.74. The third-order valence-corrected chi connectivity index (χ3v) is 4.14. The molecule has 1 aromatic carbocycles. The van der Waals surface area contributed by atoms with Crippen molar-refractivity contribution < 1.29 is 9.90 Å². The lowest BCUT2D eigenvalue weighted by Gasteiger charge is -2.30. The SMILES string of the molecule is CCC(CC)N(CCO)C(=O)c1cc(S)ccc1Br. The zero-order chi connectivity index (χ0) is 14.4. The van der Waals surface area contributed by atoms with Crippen LogP contribution in [0.4, 0.5) is 0 Å². The van der Waals surface area contributed by atoms with Gasteiger partial charge in [-0.15, -0.1) is 12.6 Å². The molecule has 1 rings (SSSR count). The molecule has 0 heterocycles. The quantitative estimate of drug-likeness (QED) is 0.776. The zero-order valence-corrected chi connectivity index (χ0v) is 13.7. The molecular formula is C14H20BrNO2S. The maximum atomic E-state index is 12.6. The van der Waals surface area contributed by atoms with Crippen LogP contribution in [-0.2, 0) is 0 Å². The summed E-state index contributed by atoms with van der Waals surface area (Å²) in [5.74, 6) is -0.0643. The average Bonchev–Trinajstić information content (AvgIpc) is 2.41. The predicted molar refractivity (Wildman–Crippen MR) is 83.9 cm³/mol. The van der Waals surface area contributed by atoms with Gasteiger partial charge < -0.3 is 10.0 Å². The van der Waals surface area contributed by atoms with Crippen molar-refractivity contribution in [2.75, 3.05) is 13.2 Å². The number of carbonyl (C=O) groups excluding carboxylic acids is 1. The molecule has 0 unspecified atom stereocenters. The van der Waals surface area contributed by atoms with E-state index in [1.165, 1.54) is 0 Å². The molecule has 5 heteroatoms. The molecule has 0 aromatic heterocycles. The van der Waals surface area contributed by atoms with Crippen LogP contribution in [-0.4, -0.2) is 35.1 Å². The van der Waals surface area contributed by atoms with Crippen LogP contribution < -0.4 is 0 Å². The van der Waals surface area contributed by atoms with Gasteiger partial charge in [-0.1, -0.05) is 13.8 Å². The van der Waals surface area contributed by atoms with Crippen LogP contribution in [0.25, 0.3) is 0 Å². The Hall–Kier alpha value is -0.520. The molecule has 0 fully saturated rings. The van der Waals surface area contributed by atoms with Crippen LogP contribution in [0.1, 0.15) is 37.0 Å². The van der Waals surface area contributed by atoms with Crippen molar-refractivity contribution in [3.05, 3.63) is 28.2 Å². The van der Waals surface area contributed by atoms with Gasteiger partial charge in [0, 0.05) is 22.0 Å². The monoisotopic (exact) mass is 345 g/mol. The molecule has 0 saturated heterocycles. The Morgan fingerprint density at radius 2 is 2.05 bits per heavy atom. The minimum absolute atomic E-state index is 0.0274. The summed E-state index contributed by atoms with van der Waals surface area (Å²) >= 11 is 7.67. The summed E-state index contributed by atoms with van der Waals surface area (Å²) in [5, 5.41) is 9.18. The Labute approximate surface area is 128 Å². The second kappa shape index (κ2) is 7.92. The first-order chi connectivity index (χ1) is 9.04. The zero-order valence-electron chi connectivity index (χ0n) is 11.3. The van der Waals surface area contributed by atoms with Crippen molar-refractivity contribution in [2.45, 2.75) is 37.6 Å². The number of thiol groups is 1. The van der Waals surface area contributed by atoms with Gasteiger partial charge in [-0.2, -0.15) is 0 Å². The standard InChI is InChI=1S/C14H20BrNO2S/c1-3-10(4-2)16(7-8-17)14(18)12-9-11(19)5-6-13(12)15/h5-6,9-10,17,19H,3-4,7-8H2,1-2H3. The maximum Gasteiger partial charge on any atom is 0.255 e. The van der Waals surface area contributed by atoms with Crippen molar-refractivity contribution in [1.82, 2.24) is 4.90 Å². The Kier molecular flexibility index (Phi) is 6.89. The van der Waals surface area contributed by atoms with Crippen LogP contribution in [0.2, 0.25) is 0 Å². The maximum absolute atomic E-state index is 12.6. The first-order valence-corrected chi connectivity index (χ1v) is 7.69. The summed E-state index contributed by atoms with van der Waals surface area (Å²) < 4.78 is 0.754. The van der Waals surface area contributed by atoms with E-state index in [2.05, 4.69) is 42.4 Å². The molecule has 3 nitrogen and oxygen atoms in total. The number of carbonyl (C=O) groups is 1. The second-order valence-corrected chi connectivity index (χ2v) is 5.73. The van der Waals surface area contributed by atoms with E-state index in [4.69, 9.17) is 0 Å². The van der Waals surface area contributed by atoms with E-state index in [9.17, 15) is 9.90 Å². The van der Waals surface area contributed by atoms with Gasteiger partial charge in [-0.25, -0.2) is 0 Å². The third kappa shape index (κ3) is 4.23. The highest BCUT2D eigenvalue weighted by Gasteiger charge is 2.23. The molecule has 106 valence electrons. The predicted octanol–water partition coefficient (Wildman–Crippen LogP) is 3.36. The molecule has 1 amide bonds. The Morgan fingerprint density at radius 1 is 1.42 bits per heavy atom. The van der Waals surface area contributed by atoms with E-state index < -0.39 is 0 Å². The molecule has 0 bridgehead atoms. The molecule has 0 spiro atoms. The molecule has 0 atom stereocenters. The second-order valence-electron chi connectivity index (χ2n) is 4.36. The van der Waals surface area contributed by atoms with Crippen LogP contribution >= 0.6 is 28.6 Å². The van der Waals surface area contributed by atoms with Gasteiger partial charge in [0.05, 0.1) is 12.2 Å². The average molecular weight is 346 g/mol. The number of benzene rings is 1. The Morgan fingerprint density at radius 3 is 2.58 bits per heavy atom. The third-order valence-electron chi connectivity index (χ3n) is 3.17. The summed E-state index contributed by atoms with van der Waals surface area (Å²) in [7, 11) is 0. The molecule has 0 aliphatic carbocycles. The van der Waals surface area contributed by atoms with Gasteiger partial charge in [0.2, 0.25) is 0 Å². The van der Waals surface area contributed by atoms with E-state index in [1.807, 2.05) is 12.1 Å². The van der Waals surface area contributed by atoms with E-state index in [-0.39, 0.29) is 18.6 Å². The molecule has 1 N–H and O–H groups in total. The van der Waals surface area contributed by atoms with Gasteiger partial charge in [0.25, 0.3) is 5.91 Å². The topological polar surface area (TPSA) is 40.5 Å². The highest BCUT2D eigenvalue weighted by atomic mass is 79.9. The van der Waals surface area contributed by atoms with Gasteiger partial charge in [-0.3, -0.25) is 4.79 Å². The fourth-order valence-electron chi connectivity index (χ4n) is 2.12. The van der Waals surface area contributed by atoms with Crippen LogP contribution in [0.3, 0.4) is 0 Å². The van der Waals surface area contributed by atoms with Crippen LogP contribution in [0.15, 0.2) is 27.6 Å². The molecule has 0 saturated carbocycles. The molecule has 1 aromatic rings. The molecule has 0 aliphatic rings. The van der Waals surface area contributed by atoms with Gasteiger partial charge >= 0.3 is 0 Å². The van der Waals surface area contributed by atoms with Crippen LogP contribution in [0, 0.1) is 0 Å². The van der Waals surface area contributed by atoms with E-state index in [0.29, 0.717) is 12.1 Å². The highest BCUT2D eigenvalue weighted by molar-refractivity contribution is 9.10. The lowest BCUT2D eigenvalue weighted by molar-refractivity contribution is 0.0621. The molecule has 0 radical (unpaired) electrons. The fraction of sp³-hybridized carbons (Fsp3) is 0.500. The number of aliphatic hydroxyl groups is 1. The van der Waals surface area contributed by atoms with Crippen molar-refractivity contribution >= 4 is 34.5 Å². The van der Waals surface area contributed by atoms with Crippen molar-refractivity contribution in [2.24, 2.45) is 0 Å². The minimum atomic E-state index is -0.0643. The number of hydrogen-bond donors (Lipinski definition) is 2. The first-order valence-electron chi connectivity index (χ1n) is 6.45. The number of nitrogens with zero attached hydrogens (tertiary/aromatic N) is 1. The first kappa shape index (κ1) is 16.5. The van der Waals surface area contributed by atoms with E-state index in [1.54, 1.807) is 11.0 Å². The number of rotatable bonds is 6. The number of amides is 1. The van der Waals surface area contributed by atoms with E-state index >= 15 is 0 Å². The lowest BCUT2D eigenvalue weighted by atomic mass is 10.1. The summed E-state index contributed by atoms with van der Waals surface area (Å²) in [5.41, 5.74) is 0.591. The summed E-state index contributed by atoms with van der Waals surface area (Å²) in [6.07, 6.45) is 1.75. The van der Waals surface area contributed by atoms with E-state index in [0.717, 1.165) is 22.2 Å². The molecule has 19 heavy (non-hydrogen) atoms. The summed E-state index contributed by atoms with van der Waals surface area (Å²) in [6, 6.07) is 5.55. The summed E-state index contributed by atoms with van der Waals surface area (Å²) in [4.78, 5) is 15.1. The van der Waals surface area contributed by atoms with Crippen molar-refractivity contribution in [3.63, 3.8) is 0 Å². The van der Waals surface area contributed by atoms with Gasteiger partial charge in [0.1, 0.15) is 0 Å². The number of halogens is 1. The van der Waals surface area contributed by atoms with Gasteiger partial charge in [0.15, 0.2) is 0 Å². The van der Waals surface area contributed by atoms with Gasteiger partial charge in [-0.05, 0) is 47.0 Å². The normalized spacial score (nSPS) is 10.8. The molecule has 0 aliphatic heterocycles. The Bertz CT molecular complexity index is 435. The van der Waals surface area contributed by atoms with Crippen molar-refractivity contribution in [3.8, 4) is 0 Å². The Balaban J connectivity index is 3.08. The number of hydrogen-bond acceptors (Lipinski definition) is 3.